The van der Waals surface area contributed by atoms with Crippen LogP contribution in [0.25, 0.3) is 11.1 Å². The van der Waals surface area contributed by atoms with Crippen LogP contribution in [0.5, 0.6) is 5.75 Å². The third-order valence-electron chi connectivity index (χ3n) is 4.41. The molecule has 0 bridgehead atoms. The Labute approximate surface area is 154 Å². The molecule has 134 valence electrons. The Morgan fingerprint density at radius 3 is 2.15 bits per heavy atom. The lowest BCUT2D eigenvalue weighted by Gasteiger charge is -2.13. The van der Waals surface area contributed by atoms with Crippen LogP contribution in [-0.2, 0) is 9.59 Å². The quantitative estimate of drug-likeness (QED) is 0.503. The fraction of sp³-hybridized carbons (Fsp3) is 0.273. The van der Waals surface area contributed by atoms with Crippen LogP contribution in [-0.4, -0.2) is 29.9 Å². The van der Waals surface area contributed by atoms with Crippen molar-refractivity contribution in [1.82, 2.24) is 4.90 Å². The molecule has 3 rings (SSSR count). The molecule has 0 spiro atoms. The summed E-state index contributed by atoms with van der Waals surface area (Å²) in [7, 11) is 0. The topological polar surface area (TPSA) is 46.6 Å². The smallest absolute Gasteiger partial charge is 0.253 e. The highest BCUT2D eigenvalue weighted by molar-refractivity contribution is 6.12. The second-order valence-electron chi connectivity index (χ2n) is 6.29. The number of carbonyl (C=O) groups excluding carboxylic acids is 2. The molecule has 4 heteroatoms. The average Bonchev–Trinajstić information content (AvgIpc) is 3.00. The number of para-hydroxylation sites is 1. The molecule has 0 saturated carbocycles. The van der Waals surface area contributed by atoms with Crippen LogP contribution in [0.1, 0.15) is 25.7 Å². The number of benzene rings is 2. The van der Waals surface area contributed by atoms with E-state index in [9.17, 15) is 9.59 Å². The standard InChI is InChI=1S/C22H23NO3/c24-21-14-15-22(25)23(21)16-8-1-2-9-17-26-20-13-7-6-12-19(20)18-10-4-3-5-11-18/h3-7,10-15H,1-2,8-9,16-17H2. The third kappa shape index (κ3) is 4.60. The number of nitrogens with zero attached hydrogens (tertiary/aromatic N) is 1. The van der Waals surface area contributed by atoms with Gasteiger partial charge >= 0.3 is 0 Å². The zero-order chi connectivity index (χ0) is 18.2. The molecule has 0 aliphatic carbocycles. The first-order valence-electron chi connectivity index (χ1n) is 9.06. The van der Waals surface area contributed by atoms with Crippen molar-refractivity contribution in [2.45, 2.75) is 25.7 Å². The molecule has 2 amide bonds. The SMILES string of the molecule is O=C1C=CC(=O)N1CCCCCCOc1ccccc1-c1ccccc1. The molecular formula is C22H23NO3. The molecule has 26 heavy (non-hydrogen) atoms. The maximum atomic E-state index is 11.5. The molecule has 0 saturated heterocycles. The Morgan fingerprint density at radius 2 is 1.38 bits per heavy atom. The van der Waals surface area contributed by atoms with Crippen LogP contribution in [0.2, 0.25) is 0 Å². The van der Waals surface area contributed by atoms with Crippen molar-refractivity contribution < 1.29 is 14.3 Å². The molecule has 1 heterocycles. The van der Waals surface area contributed by atoms with Crippen LogP contribution in [0.15, 0.2) is 66.7 Å². The van der Waals surface area contributed by atoms with Crippen molar-refractivity contribution in [1.29, 1.82) is 0 Å². The van der Waals surface area contributed by atoms with E-state index in [2.05, 4.69) is 18.2 Å². The molecular weight excluding hydrogens is 326 g/mol. The van der Waals surface area contributed by atoms with E-state index in [1.807, 2.05) is 36.4 Å². The molecule has 0 atom stereocenters. The van der Waals surface area contributed by atoms with Gasteiger partial charge in [0.1, 0.15) is 5.75 Å². The number of ether oxygens (including phenoxy) is 1. The highest BCUT2D eigenvalue weighted by atomic mass is 16.5. The van der Waals surface area contributed by atoms with Gasteiger partial charge in [-0.25, -0.2) is 0 Å². The third-order valence-corrected chi connectivity index (χ3v) is 4.41. The Bertz CT molecular complexity index is 765. The molecule has 4 nitrogen and oxygen atoms in total. The van der Waals surface area contributed by atoms with E-state index in [0.29, 0.717) is 13.2 Å². The Morgan fingerprint density at radius 1 is 0.731 bits per heavy atom. The van der Waals surface area contributed by atoms with E-state index < -0.39 is 0 Å². The van der Waals surface area contributed by atoms with Crippen LogP contribution in [0.3, 0.4) is 0 Å². The van der Waals surface area contributed by atoms with Crippen LogP contribution >= 0.6 is 0 Å². The van der Waals surface area contributed by atoms with Gasteiger partial charge in [-0.05, 0) is 24.5 Å². The molecule has 0 fully saturated rings. The van der Waals surface area contributed by atoms with E-state index >= 15 is 0 Å². The van der Waals surface area contributed by atoms with Gasteiger partial charge in [0.25, 0.3) is 11.8 Å². The Hall–Kier alpha value is -2.88. The van der Waals surface area contributed by atoms with Gasteiger partial charge in [0.05, 0.1) is 6.61 Å². The molecule has 2 aromatic carbocycles. The molecule has 2 aromatic rings. The van der Waals surface area contributed by atoms with Crippen molar-refractivity contribution in [3.8, 4) is 16.9 Å². The Balaban J connectivity index is 1.38. The minimum absolute atomic E-state index is 0.198. The van der Waals surface area contributed by atoms with Crippen molar-refractivity contribution >= 4 is 11.8 Å². The largest absolute Gasteiger partial charge is 0.493 e. The molecule has 1 aliphatic rings. The number of imide groups is 1. The fourth-order valence-corrected chi connectivity index (χ4v) is 3.01. The minimum Gasteiger partial charge on any atom is -0.493 e. The van der Waals surface area contributed by atoms with Crippen molar-refractivity contribution in [3.05, 3.63) is 66.7 Å². The fourth-order valence-electron chi connectivity index (χ4n) is 3.01. The lowest BCUT2D eigenvalue weighted by molar-refractivity contribution is -0.136. The Kier molecular flexibility index (Phi) is 6.20. The predicted octanol–water partition coefficient (Wildman–Crippen LogP) is 4.22. The molecule has 0 radical (unpaired) electrons. The molecule has 0 aromatic heterocycles. The van der Waals surface area contributed by atoms with E-state index in [4.69, 9.17) is 4.74 Å². The summed E-state index contributed by atoms with van der Waals surface area (Å²) in [6.45, 7) is 1.16. The van der Waals surface area contributed by atoms with Crippen LogP contribution in [0, 0.1) is 0 Å². The lowest BCUT2D eigenvalue weighted by atomic mass is 10.1. The van der Waals surface area contributed by atoms with E-state index in [-0.39, 0.29) is 11.8 Å². The summed E-state index contributed by atoms with van der Waals surface area (Å²) in [5.74, 6) is 0.504. The van der Waals surface area contributed by atoms with Gasteiger partial charge in [0.15, 0.2) is 0 Å². The average molecular weight is 349 g/mol. The number of hydrogen-bond acceptors (Lipinski definition) is 3. The van der Waals surface area contributed by atoms with Gasteiger partial charge in [-0.3, -0.25) is 14.5 Å². The summed E-state index contributed by atoms with van der Waals surface area (Å²) in [4.78, 5) is 24.2. The van der Waals surface area contributed by atoms with E-state index in [1.54, 1.807) is 0 Å². The minimum atomic E-state index is -0.198. The van der Waals surface area contributed by atoms with Crippen LogP contribution in [0.4, 0.5) is 0 Å². The monoisotopic (exact) mass is 349 g/mol. The number of carbonyl (C=O) groups is 2. The summed E-state index contributed by atoms with van der Waals surface area (Å²) in [6, 6.07) is 18.3. The van der Waals surface area contributed by atoms with Crippen molar-refractivity contribution in [2.24, 2.45) is 0 Å². The highest BCUT2D eigenvalue weighted by Crippen LogP contribution is 2.29. The number of unbranched alkanes of at least 4 members (excludes halogenated alkanes) is 3. The second-order valence-corrected chi connectivity index (χ2v) is 6.29. The predicted molar refractivity (Wildman–Crippen MR) is 102 cm³/mol. The first-order chi connectivity index (χ1) is 12.8. The maximum absolute atomic E-state index is 11.5. The van der Waals surface area contributed by atoms with Crippen molar-refractivity contribution in [3.63, 3.8) is 0 Å². The summed E-state index contributed by atoms with van der Waals surface area (Å²) in [5.41, 5.74) is 2.25. The first kappa shape index (κ1) is 17.9. The van der Waals surface area contributed by atoms with E-state index in [1.165, 1.54) is 17.1 Å². The zero-order valence-electron chi connectivity index (χ0n) is 14.8. The zero-order valence-corrected chi connectivity index (χ0v) is 14.8. The van der Waals surface area contributed by atoms with E-state index in [0.717, 1.165) is 42.6 Å². The normalized spacial score (nSPS) is 13.5. The number of amides is 2. The second kappa shape index (κ2) is 8.99. The van der Waals surface area contributed by atoms with Crippen molar-refractivity contribution in [2.75, 3.05) is 13.2 Å². The van der Waals surface area contributed by atoms with Crippen LogP contribution < -0.4 is 4.74 Å². The highest BCUT2D eigenvalue weighted by Gasteiger charge is 2.22. The van der Waals surface area contributed by atoms with Gasteiger partial charge in [-0.15, -0.1) is 0 Å². The van der Waals surface area contributed by atoms with Gasteiger partial charge < -0.3 is 4.74 Å². The summed E-state index contributed by atoms with van der Waals surface area (Å²) in [6.07, 6.45) is 6.43. The van der Waals surface area contributed by atoms with Gasteiger partial charge in [-0.2, -0.15) is 0 Å². The first-order valence-corrected chi connectivity index (χ1v) is 9.06. The molecule has 0 unspecified atom stereocenters. The maximum Gasteiger partial charge on any atom is 0.253 e. The number of hydrogen-bond donors (Lipinski definition) is 0. The van der Waals surface area contributed by atoms with Gasteiger partial charge in [0, 0.05) is 24.3 Å². The molecule has 0 N–H and O–H groups in total. The summed E-state index contributed by atoms with van der Waals surface area (Å²) < 4.78 is 5.98. The summed E-state index contributed by atoms with van der Waals surface area (Å²) >= 11 is 0. The van der Waals surface area contributed by atoms with Gasteiger partial charge in [0.2, 0.25) is 0 Å². The number of rotatable bonds is 9. The molecule has 1 aliphatic heterocycles. The summed E-state index contributed by atoms with van der Waals surface area (Å²) in [5, 5.41) is 0. The van der Waals surface area contributed by atoms with Gasteiger partial charge in [-0.1, -0.05) is 61.4 Å². The lowest BCUT2D eigenvalue weighted by Crippen LogP contribution is -2.30.